The van der Waals surface area contributed by atoms with Gasteiger partial charge in [0.05, 0.1) is 0 Å². The first-order valence-electron chi connectivity index (χ1n) is 5.41. The second-order valence-corrected chi connectivity index (χ2v) is 4.84. The summed E-state index contributed by atoms with van der Waals surface area (Å²) in [5.74, 6) is 2.16. The maximum absolute atomic E-state index is 11.8. The Balaban J connectivity index is 2.03. The van der Waals surface area contributed by atoms with Crippen molar-refractivity contribution in [3.8, 4) is 0 Å². The molecule has 0 aromatic rings. The highest BCUT2D eigenvalue weighted by atomic mass is 16.2. The van der Waals surface area contributed by atoms with Crippen LogP contribution in [-0.2, 0) is 4.79 Å². The van der Waals surface area contributed by atoms with Crippen LogP contribution in [0.3, 0.4) is 0 Å². The average Bonchev–Trinajstić information content (AvgIpc) is 2.89. The van der Waals surface area contributed by atoms with Crippen LogP contribution in [0, 0.1) is 17.8 Å². The molecule has 0 aromatic heterocycles. The summed E-state index contributed by atoms with van der Waals surface area (Å²) in [6, 6.07) is 0.461. The molecule has 2 nitrogen and oxygen atoms in total. The lowest BCUT2D eigenvalue weighted by Gasteiger charge is -2.23. The predicted octanol–water partition coefficient (Wildman–Crippen LogP) is 1.90. The molecule has 0 spiro atoms. The van der Waals surface area contributed by atoms with Crippen LogP contribution >= 0.6 is 0 Å². The van der Waals surface area contributed by atoms with Crippen LogP contribution in [-0.4, -0.2) is 23.4 Å². The van der Waals surface area contributed by atoms with Crippen LogP contribution in [0.2, 0.25) is 0 Å². The Hall–Kier alpha value is -0.530. The first-order valence-corrected chi connectivity index (χ1v) is 5.41. The summed E-state index contributed by atoms with van der Waals surface area (Å²) >= 11 is 0. The van der Waals surface area contributed by atoms with Crippen molar-refractivity contribution < 1.29 is 4.79 Å². The molecule has 0 radical (unpaired) electrons. The van der Waals surface area contributed by atoms with Crippen LogP contribution in [0.5, 0.6) is 0 Å². The van der Waals surface area contributed by atoms with E-state index in [1.807, 2.05) is 0 Å². The van der Waals surface area contributed by atoms with E-state index in [1.165, 1.54) is 0 Å². The minimum Gasteiger partial charge on any atom is -0.339 e. The smallest absolute Gasteiger partial charge is 0.225 e. The Morgan fingerprint density at radius 2 is 1.85 bits per heavy atom. The van der Waals surface area contributed by atoms with Gasteiger partial charge in [-0.1, -0.05) is 13.8 Å². The lowest BCUT2D eigenvalue weighted by atomic mass is 9.95. The number of hydrogen-bond acceptors (Lipinski definition) is 1. The largest absolute Gasteiger partial charge is 0.339 e. The molecular formula is C11H19NO. The molecule has 2 aliphatic rings. The van der Waals surface area contributed by atoms with Gasteiger partial charge >= 0.3 is 0 Å². The minimum absolute atomic E-state index is 0.389. The maximum atomic E-state index is 11.8. The molecule has 2 heteroatoms. The van der Waals surface area contributed by atoms with Gasteiger partial charge < -0.3 is 4.90 Å². The van der Waals surface area contributed by atoms with Crippen molar-refractivity contribution in [1.29, 1.82) is 0 Å². The number of nitrogens with zero attached hydrogens (tertiary/aromatic N) is 1. The van der Waals surface area contributed by atoms with Gasteiger partial charge in [-0.2, -0.15) is 0 Å². The molecule has 0 aromatic carbocycles. The lowest BCUT2D eigenvalue weighted by Crippen LogP contribution is -2.36. The number of hydrogen-bond donors (Lipinski definition) is 0. The van der Waals surface area contributed by atoms with Gasteiger partial charge in [0.2, 0.25) is 5.91 Å². The van der Waals surface area contributed by atoms with Crippen LogP contribution in [0.25, 0.3) is 0 Å². The second kappa shape index (κ2) is 3.00. The molecule has 1 aliphatic carbocycles. The van der Waals surface area contributed by atoms with E-state index >= 15 is 0 Å². The molecule has 1 saturated heterocycles. The highest BCUT2D eigenvalue weighted by Crippen LogP contribution is 2.36. The van der Waals surface area contributed by atoms with Gasteiger partial charge in [-0.25, -0.2) is 0 Å². The molecule has 0 N–H and O–H groups in total. The molecule has 1 aliphatic heterocycles. The van der Waals surface area contributed by atoms with E-state index in [-0.39, 0.29) is 0 Å². The molecule has 3 unspecified atom stereocenters. The van der Waals surface area contributed by atoms with E-state index in [1.54, 1.807) is 0 Å². The van der Waals surface area contributed by atoms with Crippen LogP contribution in [0.4, 0.5) is 0 Å². The highest BCUT2D eigenvalue weighted by Gasteiger charge is 2.41. The van der Waals surface area contributed by atoms with Crippen LogP contribution < -0.4 is 0 Å². The zero-order valence-electron chi connectivity index (χ0n) is 8.79. The first kappa shape index (κ1) is 9.04. The van der Waals surface area contributed by atoms with Crippen molar-refractivity contribution >= 4 is 5.91 Å². The Kier molecular flexibility index (Phi) is 2.09. The van der Waals surface area contributed by atoms with E-state index in [9.17, 15) is 4.79 Å². The molecule has 2 fully saturated rings. The molecule has 0 bridgehead atoms. The summed E-state index contributed by atoms with van der Waals surface area (Å²) in [5.41, 5.74) is 0. The third-order valence-electron chi connectivity index (χ3n) is 3.84. The van der Waals surface area contributed by atoms with E-state index in [0.717, 1.165) is 19.4 Å². The van der Waals surface area contributed by atoms with Crippen LogP contribution in [0.15, 0.2) is 0 Å². The standard InChI is InChI=1S/C11H19NO/c1-7-6-12(9(3)8(7)2)11(13)10-4-5-10/h7-10H,4-6H2,1-3H3. The van der Waals surface area contributed by atoms with Crippen molar-refractivity contribution in [1.82, 2.24) is 4.90 Å². The van der Waals surface area contributed by atoms with Crippen molar-refractivity contribution in [3.05, 3.63) is 0 Å². The molecule has 13 heavy (non-hydrogen) atoms. The molecule has 1 saturated carbocycles. The number of amides is 1. The van der Waals surface area contributed by atoms with E-state index in [0.29, 0.717) is 29.7 Å². The lowest BCUT2D eigenvalue weighted by molar-refractivity contribution is -0.133. The highest BCUT2D eigenvalue weighted by molar-refractivity contribution is 5.81. The van der Waals surface area contributed by atoms with Gasteiger partial charge in [-0.15, -0.1) is 0 Å². The fourth-order valence-corrected chi connectivity index (χ4v) is 2.26. The summed E-state index contributed by atoms with van der Waals surface area (Å²) in [4.78, 5) is 13.9. The Labute approximate surface area is 80.3 Å². The third kappa shape index (κ3) is 1.47. The normalized spacial score (nSPS) is 39.6. The van der Waals surface area contributed by atoms with Crippen molar-refractivity contribution in [2.75, 3.05) is 6.54 Å². The summed E-state index contributed by atoms with van der Waals surface area (Å²) in [6.45, 7) is 7.68. The summed E-state index contributed by atoms with van der Waals surface area (Å²) in [7, 11) is 0. The Bertz CT molecular complexity index is 222. The predicted molar refractivity (Wildman–Crippen MR) is 52.2 cm³/mol. The SMILES string of the molecule is CC1CN(C(=O)C2CC2)C(C)C1C. The second-order valence-electron chi connectivity index (χ2n) is 4.84. The Morgan fingerprint density at radius 1 is 1.23 bits per heavy atom. The molecule has 1 heterocycles. The minimum atomic E-state index is 0.389. The monoisotopic (exact) mass is 181 g/mol. The van der Waals surface area contributed by atoms with Gasteiger partial charge in [-0.3, -0.25) is 4.79 Å². The van der Waals surface area contributed by atoms with Crippen molar-refractivity contribution in [2.45, 2.75) is 39.7 Å². The van der Waals surface area contributed by atoms with Crippen molar-refractivity contribution in [3.63, 3.8) is 0 Å². The van der Waals surface area contributed by atoms with E-state index in [2.05, 4.69) is 25.7 Å². The Morgan fingerprint density at radius 3 is 2.23 bits per heavy atom. The number of carbonyl (C=O) groups excluding carboxylic acids is 1. The molecular weight excluding hydrogens is 162 g/mol. The van der Waals surface area contributed by atoms with E-state index in [4.69, 9.17) is 0 Å². The first-order chi connectivity index (χ1) is 6.11. The zero-order valence-corrected chi connectivity index (χ0v) is 8.79. The summed E-state index contributed by atoms with van der Waals surface area (Å²) in [5, 5.41) is 0. The summed E-state index contributed by atoms with van der Waals surface area (Å²) < 4.78 is 0. The van der Waals surface area contributed by atoms with Gasteiger partial charge in [0.25, 0.3) is 0 Å². The van der Waals surface area contributed by atoms with Crippen molar-refractivity contribution in [2.24, 2.45) is 17.8 Å². The fourth-order valence-electron chi connectivity index (χ4n) is 2.26. The molecule has 74 valence electrons. The number of carbonyl (C=O) groups is 1. The van der Waals surface area contributed by atoms with Crippen LogP contribution in [0.1, 0.15) is 33.6 Å². The van der Waals surface area contributed by atoms with Gasteiger partial charge in [-0.05, 0) is 31.6 Å². The molecule has 1 amide bonds. The zero-order chi connectivity index (χ0) is 9.59. The molecule has 3 atom stereocenters. The number of likely N-dealkylation sites (tertiary alicyclic amines) is 1. The van der Waals surface area contributed by atoms with Gasteiger partial charge in [0.1, 0.15) is 0 Å². The topological polar surface area (TPSA) is 20.3 Å². The quantitative estimate of drug-likeness (QED) is 0.605. The van der Waals surface area contributed by atoms with Gasteiger partial charge in [0, 0.05) is 18.5 Å². The maximum Gasteiger partial charge on any atom is 0.225 e. The summed E-state index contributed by atoms with van der Waals surface area (Å²) in [6.07, 6.45) is 2.26. The fraction of sp³-hybridized carbons (Fsp3) is 0.909. The van der Waals surface area contributed by atoms with Gasteiger partial charge in [0.15, 0.2) is 0 Å². The average molecular weight is 181 g/mol. The van der Waals surface area contributed by atoms with E-state index < -0.39 is 0 Å². The molecule has 2 rings (SSSR count). The third-order valence-corrected chi connectivity index (χ3v) is 3.84. The number of rotatable bonds is 1.